The average Bonchev–Trinajstić information content (AvgIpc) is 2.98. The van der Waals surface area contributed by atoms with E-state index in [-0.39, 0.29) is 5.91 Å². The topological polar surface area (TPSA) is 59.8 Å². The first-order valence-corrected chi connectivity index (χ1v) is 7.98. The molecule has 1 heterocycles. The van der Waals surface area contributed by atoms with Gasteiger partial charge in [-0.3, -0.25) is 4.79 Å². The molecule has 0 aliphatic carbocycles. The molecule has 1 amide bonds. The number of anilines is 1. The first-order chi connectivity index (χ1) is 11.6. The van der Waals surface area contributed by atoms with Crippen LogP contribution < -0.4 is 5.32 Å². The second-order valence-electron chi connectivity index (χ2n) is 5.78. The fourth-order valence-electron chi connectivity index (χ4n) is 2.48. The van der Waals surface area contributed by atoms with Crippen molar-refractivity contribution < 1.29 is 4.79 Å². The molecule has 24 heavy (non-hydrogen) atoms. The van der Waals surface area contributed by atoms with E-state index in [1.54, 1.807) is 4.68 Å². The van der Waals surface area contributed by atoms with Crippen LogP contribution in [0.15, 0.2) is 48.5 Å². The SMILES string of the molecule is CCc1ccc(-n2nnc(C(=O)Nc3ccc(C)cc3)c2C)cc1. The van der Waals surface area contributed by atoms with Gasteiger partial charge in [0.1, 0.15) is 0 Å². The molecule has 0 fully saturated rings. The minimum Gasteiger partial charge on any atom is -0.321 e. The second kappa shape index (κ2) is 6.66. The van der Waals surface area contributed by atoms with Crippen LogP contribution in [0.1, 0.15) is 34.2 Å². The highest BCUT2D eigenvalue weighted by Gasteiger charge is 2.17. The number of hydrogen-bond donors (Lipinski definition) is 1. The van der Waals surface area contributed by atoms with Gasteiger partial charge in [-0.1, -0.05) is 42.0 Å². The van der Waals surface area contributed by atoms with Gasteiger partial charge in [-0.15, -0.1) is 5.10 Å². The van der Waals surface area contributed by atoms with Gasteiger partial charge in [-0.2, -0.15) is 0 Å². The molecule has 0 aliphatic rings. The van der Waals surface area contributed by atoms with Crippen LogP contribution in [0.4, 0.5) is 5.69 Å². The normalized spacial score (nSPS) is 10.6. The fourth-order valence-corrected chi connectivity index (χ4v) is 2.48. The summed E-state index contributed by atoms with van der Waals surface area (Å²) >= 11 is 0. The van der Waals surface area contributed by atoms with E-state index in [4.69, 9.17) is 0 Å². The van der Waals surface area contributed by atoms with Crippen molar-refractivity contribution in [3.63, 3.8) is 0 Å². The molecule has 2 aromatic carbocycles. The Morgan fingerprint density at radius 2 is 1.71 bits per heavy atom. The van der Waals surface area contributed by atoms with Crippen molar-refractivity contribution in [3.8, 4) is 5.69 Å². The zero-order chi connectivity index (χ0) is 17.1. The summed E-state index contributed by atoms with van der Waals surface area (Å²) in [6.07, 6.45) is 0.987. The molecule has 3 rings (SSSR count). The first-order valence-electron chi connectivity index (χ1n) is 7.98. The third kappa shape index (κ3) is 3.20. The van der Waals surface area contributed by atoms with E-state index in [1.165, 1.54) is 5.56 Å². The van der Waals surface area contributed by atoms with E-state index >= 15 is 0 Å². The lowest BCUT2D eigenvalue weighted by molar-refractivity contribution is 0.102. The highest BCUT2D eigenvalue weighted by molar-refractivity contribution is 6.03. The summed E-state index contributed by atoms with van der Waals surface area (Å²) in [4.78, 5) is 12.4. The molecule has 0 spiro atoms. The Morgan fingerprint density at radius 1 is 1.04 bits per heavy atom. The lowest BCUT2D eigenvalue weighted by Gasteiger charge is -2.06. The molecular formula is C19H20N4O. The maximum Gasteiger partial charge on any atom is 0.278 e. The molecule has 0 saturated heterocycles. The number of carbonyl (C=O) groups is 1. The number of aromatic nitrogens is 3. The summed E-state index contributed by atoms with van der Waals surface area (Å²) in [5.74, 6) is -0.257. The third-order valence-electron chi connectivity index (χ3n) is 4.01. The van der Waals surface area contributed by atoms with E-state index < -0.39 is 0 Å². The van der Waals surface area contributed by atoms with Gasteiger partial charge in [0.25, 0.3) is 5.91 Å². The van der Waals surface area contributed by atoms with Gasteiger partial charge in [0, 0.05) is 5.69 Å². The van der Waals surface area contributed by atoms with E-state index in [0.717, 1.165) is 23.4 Å². The number of carbonyl (C=O) groups excluding carboxylic acids is 1. The van der Waals surface area contributed by atoms with Gasteiger partial charge < -0.3 is 5.32 Å². The minimum atomic E-state index is -0.257. The minimum absolute atomic E-state index is 0.257. The first kappa shape index (κ1) is 15.9. The fraction of sp³-hybridized carbons (Fsp3) is 0.211. The molecule has 0 unspecified atom stereocenters. The number of nitrogens with one attached hydrogen (secondary N) is 1. The molecule has 0 bridgehead atoms. The Hall–Kier alpha value is -2.95. The Morgan fingerprint density at radius 3 is 2.33 bits per heavy atom. The largest absolute Gasteiger partial charge is 0.321 e. The number of rotatable bonds is 4. The zero-order valence-electron chi connectivity index (χ0n) is 14.1. The molecule has 5 nitrogen and oxygen atoms in total. The van der Waals surface area contributed by atoms with E-state index in [9.17, 15) is 4.79 Å². The monoisotopic (exact) mass is 320 g/mol. The molecule has 1 N–H and O–H groups in total. The van der Waals surface area contributed by atoms with Crippen molar-refractivity contribution in [1.29, 1.82) is 0 Å². The van der Waals surface area contributed by atoms with Gasteiger partial charge in [-0.25, -0.2) is 4.68 Å². The van der Waals surface area contributed by atoms with Crippen molar-refractivity contribution in [2.24, 2.45) is 0 Å². The second-order valence-corrected chi connectivity index (χ2v) is 5.78. The van der Waals surface area contributed by atoms with Gasteiger partial charge >= 0.3 is 0 Å². The van der Waals surface area contributed by atoms with Gasteiger partial charge in [0.05, 0.1) is 11.4 Å². The number of amides is 1. The molecule has 0 radical (unpaired) electrons. The molecule has 0 aliphatic heterocycles. The van der Waals surface area contributed by atoms with Gasteiger partial charge in [-0.05, 0) is 50.1 Å². The van der Waals surface area contributed by atoms with Crippen molar-refractivity contribution >= 4 is 11.6 Å². The highest BCUT2D eigenvalue weighted by atomic mass is 16.2. The maximum absolute atomic E-state index is 12.4. The lowest BCUT2D eigenvalue weighted by atomic mass is 10.1. The average molecular weight is 320 g/mol. The Labute approximate surface area is 141 Å². The standard InChI is InChI=1S/C19H20N4O/c1-4-15-7-11-17(12-8-15)23-14(3)18(21-22-23)19(24)20-16-9-5-13(2)6-10-16/h5-12H,4H2,1-3H3,(H,20,24). The summed E-state index contributed by atoms with van der Waals surface area (Å²) in [7, 11) is 0. The molecule has 0 saturated carbocycles. The smallest absolute Gasteiger partial charge is 0.278 e. The number of aryl methyl sites for hydroxylation is 2. The molecular weight excluding hydrogens is 300 g/mol. The van der Waals surface area contributed by atoms with Gasteiger partial charge in [0.15, 0.2) is 5.69 Å². The van der Waals surface area contributed by atoms with Crippen LogP contribution >= 0.6 is 0 Å². The van der Waals surface area contributed by atoms with Crippen LogP contribution in [0.2, 0.25) is 0 Å². The number of nitrogens with zero attached hydrogens (tertiary/aromatic N) is 3. The Balaban J connectivity index is 1.83. The summed E-state index contributed by atoms with van der Waals surface area (Å²) < 4.78 is 1.68. The molecule has 0 atom stereocenters. The summed E-state index contributed by atoms with van der Waals surface area (Å²) in [5.41, 5.74) is 5.08. The molecule has 5 heteroatoms. The highest BCUT2D eigenvalue weighted by Crippen LogP contribution is 2.15. The van der Waals surface area contributed by atoms with Crippen LogP contribution in [-0.4, -0.2) is 20.9 Å². The predicted molar refractivity (Wildman–Crippen MR) is 94.6 cm³/mol. The van der Waals surface area contributed by atoms with Crippen LogP contribution in [0, 0.1) is 13.8 Å². The lowest BCUT2D eigenvalue weighted by Crippen LogP contribution is -2.14. The van der Waals surface area contributed by atoms with E-state index in [2.05, 4.69) is 34.7 Å². The van der Waals surface area contributed by atoms with Crippen molar-refractivity contribution in [2.45, 2.75) is 27.2 Å². The van der Waals surface area contributed by atoms with E-state index in [1.807, 2.05) is 50.2 Å². The van der Waals surface area contributed by atoms with Gasteiger partial charge in [0.2, 0.25) is 0 Å². The van der Waals surface area contributed by atoms with Crippen LogP contribution in [0.5, 0.6) is 0 Å². The summed E-state index contributed by atoms with van der Waals surface area (Å²) in [6.45, 7) is 5.96. The number of benzene rings is 2. The third-order valence-corrected chi connectivity index (χ3v) is 4.01. The van der Waals surface area contributed by atoms with Crippen LogP contribution in [0.25, 0.3) is 5.69 Å². The van der Waals surface area contributed by atoms with Crippen molar-refractivity contribution in [1.82, 2.24) is 15.0 Å². The van der Waals surface area contributed by atoms with Crippen LogP contribution in [0.3, 0.4) is 0 Å². The van der Waals surface area contributed by atoms with Crippen LogP contribution in [-0.2, 0) is 6.42 Å². The maximum atomic E-state index is 12.4. The summed E-state index contributed by atoms with van der Waals surface area (Å²) in [6, 6.07) is 15.7. The predicted octanol–water partition coefficient (Wildman–Crippen LogP) is 3.70. The molecule has 3 aromatic rings. The van der Waals surface area contributed by atoms with E-state index in [0.29, 0.717) is 11.4 Å². The Kier molecular flexibility index (Phi) is 4.42. The zero-order valence-corrected chi connectivity index (χ0v) is 14.1. The quantitative estimate of drug-likeness (QED) is 0.797. The molecule has 122 valence electrons. The summed E-state index contributed by atoms with van der Waals surface area (Å²) in [5, 5.41) is 11.0. The number of hydrogen-bond acceptors (Lipinski definition) is 3. The molecule has 1 aromatic heterocycles. The van der Waals surface area contributed by atoms with Crippen molar-refractivity contribution in [2.75, 3.05) is 5.32 Å². The van der Waals surface area contributed by atoms with Crippen molar-refractivity contribution in [3.05, 3.63) is 71.0 Å². The Bertz CT molecular complexity index is 848.